The number of hydrogen-bond acceptors (Lipinski definition) is 2. The molecule has 2 aliphatic rings. The molecule has 168 valence electrons. The van der Waals surface area contributed by atoms with Gasteiger partial charge in [0, 0.05) is 30.0 Å². The van der Waals surface area contributed by atoms with Gasteiger partial charge in [0.25, 0.3) is 5.91 Å². The van der Waals surface area contributed by atoms with E-state index in [0.717, 1.165) is 61.5 Å². The molecule has 2 aromatic carbocycles. The zero-order valence-electron chi connectivity index (χ0n) is 19.4. The molecule has 0 atom stereocenters. The lowest BCUT2D eigenvalue weighted by Gasteiger charge is -2.33. The van der Waals surface area contributed by atoms with Crippen LogP contribution >= 0.6 is 0 Å². The van der Waals surface area contributed by atoms with Crippen LogP contribution < -0.4 is 10.2 Å². The highest BCUT2D eigenvalue weighted by Crippen LogP contribution is 2.27. The van der Waals surface area contributed by atoms with Gasteiger partial charge in [-0.05, 0) is 80.3 Å². The Balaban J connectivity index is 1.35. The molecule has 0 bridgehead atoms. The lowest BCUT2D eigenvalue weighted by molar-refractivity contribution is 0.102. The van der Waals surface area contributed by atoms with E-state index in [0.29, 0.717) is 0 Å². The van der Waals surface area contributed by atoms with E-state index in [-0.39, 0.29) is 5.91 Å². The first-order valence-electron chi connectivity index (χ1n) is 12.3. The largest absolute Gasteiger partial charge is 0.372 e. The van der Waals surface area contributed by atoms with E-state index in [1.165, 1.54) is 36.9 Å². The highest BCUT2D eigenvalue weighted by molar-refractivity contribution is 6.05. The fraction of sp³-hybridized carbons (Fsp3) is 0.414. The minimum atomic E-state index is -0.0220. The number of amides is 1. The second kappa shape index (κ2) is 11.2. The summed E-state index contributed by atoms with van der Waals surface area (Å²) in [6, 6.07) is 16.4. The van der Waals surface area contributed by atoms with Crippen molar-refractivity contribution in [3.05, 3.63) is 83.5 Å². The molecule has 3 heteroatoms. The van der Waals surface area contributed by atoms with Gasteiger partial charge in [-0.3, -0.25) is 4.79 Å². The van der Waals surface area contributed by atoms with Crippen molar-refractivity contribution in [1.29, 1.82) is 0 Å². The number of allylic oxidation sites excluding steroid dienone is 4. The molecule has 1 N–H and O–H groups in total. The summed E-state index contributed by atoms with van der Waals surface area (Å²) in [6.45, 7) is 4.55. The Morgan fingerprint density at radius 1 is 1.03 bits per heavy atom. The zero-order chi connectivity index (χ0) is 22.2. The van der Waals surface area contributed by atoms with E-state index in [2.05, 4.69) is 53.6 Å². The van der Waals surface area contributed by atoms with Crippen LogP contribution in [0.1, 0.15) is 67.8 Å². The van der Waals surface area contributed by atoms with Crippen molar-refractivity contribution in [2.45, 2.75) is 58.3 Å². The van der Waals surface area contributed by atoms with Crippen molar-refractivity contribution in [3.63, 3.8) is 0 Å². The highest BCUT2D eigenvalue weighted by atomic mass is 16.1. The Morgan fingerprint density at radius 2 is 1.81 bits per heavy atom. The molecule has 0 saturated carbocycles. The molecule has 1 saturated heterocycles. The molecule has 0 spiro atoms. The van der Waals surface area contributed by atoms with Crippen LogP contribution in [-0.4, -0.2) is 19.0 Å². The number of nitrogens with one attached hydrogen (secondary N) is 1. The Hall–Kier alpha value is -2.81. The minimum Gasteiger partial charge on any atom is -0.372 e. The van der Waals surface area contributed by atoms with Gasteiger partial charge in [0.1, 0.15) is 0 Å². The summed E-state index contributed by atoms with van der Waals surface area (Å²) < 4.78 is 0. The molecule has 1 amide bonds. The third-order valence-corrected chi connectivity index (χ3v) is 6.88. The van der Waals surface area contributed by atoms with Crippen molar-refractivity contribution in [3.8, 4) is 0 Å². The second-order valence-corrected chi connectivity index (χ2v) is 9.17. The fourth-order valence-electron chi connectivity index (χ4n) is 4.96. The van der Waals surface area contributed by atoms with Gasteiger partial charge in [-0.15, -0.1) is 0 Å². The molecule has 1 fully saturated rings. The summed E-state index contributed by atoms with van der Waals surface area (Å²) in [7, 11) is 0. The average Bonchev–Trinajstić information content (AvgIpc) is 2.85. The summed E-state index contributed by atoms with van der Waals surface area (Å²) in [4.78, 5) is 15.5. The molecule has 1 aliphatic carbocycles. The Bertz CT molecular complexity index is 949. The van der Waals surface area contributed by atoms with E-state index >= 15 is 0 Å². The Kier molecular flexibility index (Phi) is 7.82. The topological polar surface area (TPSA) is 32.3 Å². The van der Waals surface area contributed by atoms with Crippen LogP contribution in [0.3, 0.4) is 0 Å². The summed E-state index contributed by atoms with van der Waals surface area (Å²) in [5.41, 5.74) is 5.48. The molecule has 4 rings (SSSR count). The van der Waals surface area contributed by atoms with Gasteiger partial charge in [-0.25, -0.2) is 0 Å². The van der Waals surface area contributed by atoms with Gasteiger partial charge < -0.3 is 10.2 Å². The van der Waals surface area contributed by atoms with Crippen molar-refractivity contribution in [1.82, 2.24) is 0 Å². The maximum absolute atomic E-state index is 13.0. The molecular formula is C29H36N2O. The number of nitrogens with zero attached hydrogens (tertiary/aromatic N) is 1. The van der Waals surface area contributed by atoms with E-state index in [9.17, 15) is 4.79 Å². The fourth-order valence-corrected chi connectivity index (χ4v) is 4.96. The zero-order valence-corrected chi connectivity index (χ0v) is 19.4. The van der Waals surface area contributed by atoms with Gasteiger partial charge in [0.05, 0.1) is 0 Å². The van der Waals surface area contributed by atoms with Gasteiger partial charge in [-0.2, -0.15) is 0 Å². The van der Waals surface area contributed by atoms with Crippen LogP contribution in [-0.2, 0) is 6.42 Å². The molecular weight excluding hydrogens is 392 g/mol. The number of piperidine rings is 1. The SMILES string of the molecule is CCCC1CCN(c2ccc(NC(=O)c3ccccc3CCC3=CC=CCC3)cc2)CC1. The first-order chi connectivity index (χ1) is 15.7. The third kappa shape index (κ3) is 5.91. The normalized spacial score (nSPS) is 16.7. The third-order valence-electron chi connectivity index (χ3n) is 6.88. The Labute approximate surface area is 193 Å². The predicted molar refractivity (Wildman–Crippen MR) is 135 cm³/mol. The first-order valence-corrected chi connectivity index (χ1v) is 12.3. The highest BCUT2D eigenvalue weighted by Gasteiger charge is 2.19. The molecule has 1 aliphatic heterocycles. The summed E-state index contributed by atoms with van der Waals surface area (Å²) in [5, 5.41) is 3.11. The number of hydrogen-bond donors (Lipinski definition) is 1. The maximum atomic E-state index is 13.0. The smallest absolute Gasteiger partial charge is 0.255 e. The molecule has 2 aromatic rings. The second-order valence-electron chi connectivity index (χ2n) is 9.17. The number of benzene rings is 2. The lowest BCUT2D eigenvalue weighted by atomic mass is 9.92. The van der Waals surface area contributed by atoms with Crippen LogP contribution in [0, 0.1) is 5.92 Å². The van der Waals surface area contributed by atoms with Gasteiger partial charge >= 0.3 is 0 Å². The molecule has 1 heterocycles. The minimum absolute atomic E-state index is 0.0220. The van der Waals surface area contributed by atoms with Crippen LogP contribution in [0.15, 0.2) is 72.3 Å². The maximum Gasteiger partial charge on any atom is 0.255 e. The monoisotopic (exact) mass is 428 g/mol. The number of aryl methyl sites for hydroxylation is 1. The van der Waals surface area contributed by atoms with Crippen molar-refractivity contribution in [2.75, 3.05) is 23.3 Å². The Morgan fingerprint density at radius 3 is 2.53 bits per heavy atom. The molecule has 0 unspecified atom stereocenters. The van der Waals surface area contributed by atoms with Gasteiger partial charge in [0.15, 0.2) is 0 Å². The average molecular weight is 429 g/mol. The summed E-state index contributed by atoms with van der Waals surface area (Å²) >= 11 is 0. The number of anilines is 2. The van der Waals surface area contributed by atoms with Crippen molar-refractivity contribution < 1.29 is 4.79 Å². The number of carbonyl (C=O) groups is 1. The van der Waals surface area contributed by atoms with E-state index < -0.39 is 0 Å². The van der Waals surface area contributed by atoms with Crippen LogP contribution in [0.25, 0.3) is 0 Å². The molecule has 0 radical (unpaired) electrons. The number of carbonyl (C=O) groups excluding carboxylic acids is 1. The molecule has 0 aromatic heterocycles. The van der Waals surface area contributed by atoms with Crippen LogP contribution in [0.5, 0.6) is 0 Å². The lowest BCUT2D eigenvalue weighted by Crippen LogP contribution is -2.33. The van der Waals surface area contributed by atoms with Crippen LogP contribution in [0.4, 0.5) is 11.4 Å². The quantitative estimate of drug-likeness (QED) is 0.483. The summed E-state index contributed by atoms with van der Waals surface area (Å²) in [6.07, 6.45) is 16.0. The first kappa shape index (κ1) is 22.4. The van der Waals surface area contributed by atoms with Gasteiger partial charge in [-0.1, -0.05) is 61.8 Å². The molecule has 32 heavy (non-hydrogen) atoms. The van der Waals surface area contributed by atoms with Crippen molar-refractivity contribution >= 4 is 17.3 Å². The number of rotatable bonds is 8. The van der Waals surface area contributed by atoms with E-state index in [4.69, 9.17) is 0 Å². The van der Waals surface area contributed by atoms with Crippen molar-refractivity contribution in [2.24, 2.45) is 5.92 Å². The standard InChI is InChI=1S/C29H36N2O/c1-2-8-23-19-21-31(22-20-23)27-17-15-26(16-18-27)30-29(32)28-12-7-6-11-25(28)14-13-24-9-4-3-5-10-24/h3-4,6-7,9,11-12,15-18,23H,2,5,8,10,13-14,19-22H2,1H3,(H,30,32). The molecule has 3 nitrogen and oxygen atoms in total. The summed E-state index contributed by atoms with van der Waals surface area (Å²) in [5.74, 6) is 0.868. The van der Waals surface area contributed by atoms with Gasteiger partial charge in [0.2, 0.25) is 0 Å². The van der Waals surface area contributed by atoms with Crippen LogP contribution in [0.2, 0.25) is 0 Å². The van der Waals surface area contributed by atoms with E-state index in [1.54, 1.807) is 0 Å². The van der Waals surface area contributed by atoms with E-state index in [1.807, 2.05) is 30.3 Å². The predicted octanol–water partition coefficient (Wildman–Crippen LogP) is 7.16.